The maximum atomic E-state index is 9.98. The van der Waals surface area contributed by atoms with Crippen molar-refractivity contribution < 1.29 is 5.11 Å². The summed E-state index contributed by atoms with van der Waals surface area (Å²) in [5.41, 5.74) is 1.47. The normalized spacial score (nSPS) is 12.0. The van der Waals surface area contributed by atoms with Gasteiger partial charge < -0.3 is 5.11 Å². The van der Waals surface area contributed by atoms with Crippen LogP contribution in [-0.4, -0.2) is 5.11 Å². The lowest BCUT2D eigenvalue weighted by molar-refractivity contribution is 0.179. The molecule has 0 radical (unpaired) electrons. The smallest absolute Gasteiger partial charge is 0.0991 e. The number of hydrogen-bond donors (Lipinski definition) is 1. The minimum Gasteiger partial charge on any atom is -0.388 e. The number of nitriles is 1. The van der Waals surface area contributed by atoms with E-state index in [1.165, 1.54) is 0 Å². The van der Waals surface area contributed by atoms with Crippen LogP contribution in [0.5, 0.6) is 0 Å². The van der Waals surface area contributed by atoms with Gasteiger partial charge in [0.15, 0.2) is 0 Å². The maximum Gasteiger partial charge on any atom is 0.0991 e. The molecule has 0 spiro atoms. The Kier molecular flexibility index (Phi) is 3.35. The van der Waals surface area contributed by atoms with Gasteiger partial charge in [0, 0.05) is 11.3 Å². The quantitative estimate of drug-likeness (QED) is 0.879. The molecule has 2 rings (SSSR count). The van der Waals surface area contributed by atoms with E-state index in [1.807, 2.05) is 17.5 Å². The van der Waals surface area contributed by atoms with Gasteiger partial charge >= 0.3 is 0 Å². The molecule has 1 atom stereocenters. The second kappa shape index (κ2) is 4.93. The van der Waals surface area contributed by atoms with Gasteiger partial charge in [0.05, 0.1) is 17.7 Å². The van der Waals surface area contributed by atoms with Crippen LogP contribution >= 0.6 is 11.3 Å². The van der Waals surface area contributed by atoms with E-state index in [0.717, 1.165) is 10.4 Å². The lowest BCUT2D eigenvalue weighted by atomic mass is 10.0. The second-order valence-electron chi connectivity index (χ2n) is 3.53. The molecule has 0 bridgehead atoms. The lowest BCUT2D eigenvalue weighted by Crippen LogP contribution is -2.00. The summed E-state index contributed by atoms with van der Waals surface area (Å²) in [6, 6.07) is 13.1. The number of benzene rings is 1. The molecule has 16 heavy (non-hydrogen) atoms. The van der Waals surface area contributed by atoms with Crippen molar-refractivity contribution in [2.45, 2.75) is 12.5 Å². The molecule has 1 unspecified atom stereocenters. The molecule has 1 aromatic carbocycles. The van der Waals surface area contributed by atoms with E-state index in [0.29, 0.717) is 12.0 Å². The van der Waals surface area contributed by atoms with Crippen molar-refractivity contribution >= 4 is 11.3 Å². The number of aliphatic hydroxyl groups is 1. The van der Waals surface area contributed by atoms with Gasteiger partial charge in [-0.05, 0) is 29.1 Å². The van der Waals surface area contributed by atoms with Gasteiger partial charge in [-0.15, -0.1) is 11.3 Å². The van der Waals surface area contributed by atoms with Crippen LogP contribution in [0.2, 0.25) is 0 Å². The Labute approximate surface area is 98.4 Å². The van der Waals surface area contributed by atoms with Gasteiger partial charge in [-0.2, -0.15) is 5.26 Å². The average molecular weight is 229 g/mol. The molecule has 2 nitrogen and oxygen atoms in total. The molecule has 0 fully saturated rings. The van der Waals surface area contributed by atoms with Crippen molar-refractivity contribution in [2.24, 2.45) is 0 Å². The molecule has 0 saturated heterocycles. The SMILES string of the molecule is N#Cc1ccc(C(O)Cc2cccs2)cc1. The van der Waals surface area contributed by atoms with Gasteiger partial charge in [-0.1, -0.05) is 18.2 Å². The largest absolute Gasteiger partial charge is 0.388 e. The average Bonchev–Trinajstić information content (AvgIpc) is 2.82. The molecule has 2 aromatic rings. The second-order valence-corrected chi connectivity index (χ2v) is 4.57. The first kappa shape index (κ1) is 10.9. The molecule has 3 heteroatoms. The third-order valence-electron chi connectivity index (χ3n) is 2.40. The summed E-state index contributed by atoms with van der Waals surface area (Å²) in [6.07, 6.45) is 0.134. The van der Waals surface area contributed by atoms with Crippen molar-refractivity contribution in [3.05, 3.63) is 57.8 Å². The van der Waals surface area contributed by atoms with Crippen molar-refractivity contribution in [1.29, 1.82) is 5.26 Å². The van der Waals surface area contributed by atoms with E-state index < -0.39 is 6.10 Å². The number of nitrogens with zero attached hydrogens (tertiary/aromatic N) is 1. The Bertz CT molecular complexity index is 482. The third kappa shape index (κ3) is 2.48. The Balaban J connectivity index is 2.09. The van der Waals surface area contributed by atoms with Crippen LogP contribution in [0, 0.1) is 11.3 Å². The summed E-state index contributed by atoms with van der Waals surface area (Å²) < 4.78 is 0. The predicted octanol–water partition coefficient (Wildman–Crippen LogP) is 2.90. The minimum atomic E-state index is -0.494. The van der Waals surface area contributed by atoms with E-state index in [9.17, 15) is 5.11 Å². The fourth-order valence-corrected chi connectivity index (χ4v) is 2.26. The molecule has 1 heterocycles. The van der Waals surface area contributed by atoms with E-state index in [-0.39, 0.29) is 0 Å². The first-order valence-corrected chi connectivity index (χ1v) is 5.88. The molecule has 0 saturated carbocycles. The Hall–Kier alpha value is -1.63. The van der Waals surface area contributed by atoms with Crippen molar-refractivity contribution in [3.63, 3.8) is 0 Å². The molecule has 0 aliphatic heterocycles. The summed E-state index contributed by atoms with van der Waals surface area (Å²) in [6.45, 7) is 0. The van der Waals surface area contributed by atoms with E-state index >= 15 is 0 Å². The standard InChI is InChI=1S/C13H11NOS/c14-9-10-3-5-11(6-4-10)13(15)8-12-2-1-7-16-12/h1-7,13,15H,8H2. The highest BCUT2D eigenvalue weighted by Gasteiger charge is 2.08. The zero-order valence-corrected chi connectivity index (χ0v) is 9.45. The van der Waals surface area contributed by atoms with Crippen LogP contribution in [0.3, 0.4) is 0 Å². The van der Waals surface area contributed by atoms with Gasteiger partial charge in [0.25, 0.3) is 0 Å². The van der Waals surface area contributed by atoms with Gasteiger partial charge in [-0.25, -0.2) is 0 Å². The van der Waals surface area contributed by atoms with Gasteiger partial charge in [-0.3, -0.25) is 0 Å². The summed E-state index contributed by atoms with van der Waals surface area (Å²) in [7, 11) is 0. The topological polar surface area (TPSA) is 44.0 Å². The molecular weight excluding hydrogens is 218 g/mol. The van der Waals surface area contributed by atoms with Gasteiger partial charge in [0.1, 0.15) is 0 Å². The summed E-state index contributed by atoms with van der Waals surface area (Å²) in [4.78, 5) is 1.16. The first-order chi connectivity index (χ1) is 7.79. The molecule has 0 aliphatic rings. The molecule has 80 valence electrons. The Morgan fingerprint density at radius 3 is 2.56 bits per heavy atom. The van der Waals surface area contributed by atoms with E-state index in [2.05, 4.69) is 6.07 Å². The van der Waals surface area contributed by atoms with Crippen LogP contribution in [0.25, 0.3) is 0 Å². The zero-order chi connectivity index (χ0) is 11.4. The highest BCUT2D eigenvalue weighted by molar-refractivity contribution is 7.09. The summed E-state index contributed by atoms with van der Waals surface area (Å²) in [5.74, 6) is 0. The van der Waals surface area contributed by atoms with Crippen molar-refractivity contribution in [3.8, 4) is 6.07 Å². The maximum absolute atomic E-state index is 9.98. The lowest BCUT2D eigenvalue weighted by Gasteiger charge is -2.09. The number of aliphatic hydroxyl groups excluding tert-OH is 1. The molecule has 0 aliphatic carbocycles. The van der Waals surface area contributed by atoms with Crippen LogP contribution < -0.4 is 0 Å². The molecule has 0 amide bonds. The number of rotatable bonds is 3. The Morgan fingerprint density at radius 1 is 1.25 bits per heavy atom. The Morgan fingerprint density at radius 2 is 2.00 bits per heavy atom. The highest BCUT2D eigenvalue weighted by Crippen LogP contribution is 2.21. The fourth-order valence-electron chi connectivity index (χ4n) is 1.52. The van der Waals surface area contributed by atoms with Crippen LogP contribution in [0.1, 0.15) is 22.1 Å². The highest BCUT2D eigenvalue weighted by atomic mass is 32.1. The third-order valence-corrected chi connectivity index (χ3v) is 3.30. The van der Waals surface area contributed by atoms with E-state index in [4.69, 9.17) is 5.26 Å². The fraction of sp³-hybridized carbons (Fsp3) is 0.154. The first-order valence-electron chi connectivity index (χ1n) is 5.00. The monoisotopic (exact) mass is 229 g/mol. The molecule has 1 aromatic heterocycles. The minimum absolute atomic E-state index is 0.494. The van der Waals surface area contributed by atoms with E-state index in [1.54, 1.807) is 35.6 Å². The van der Waals surface area contributed by atoms with Crippen molar-refractivity contribution in [2.75, 3.05) is 0 Å². The van der Waals surface area contributed by atoms with Crippen LogP contribution in [0.15, 0.2) is 41.8 Å². The number of thiophene rings is 1. The van der Waals surface area contributed by atoms with Crippen LogP contribution in [0.4, 0.5) is 0 Å². The predicted molar refractivity (Wildman–Crippen MR) is 64.1 cm³/mol. The van der Waals surface area contributed by atoms with Crippen molar-refractivity contribution in [1.82, 2.24) is 0 Å². The van der Waals surface area contributed by atoms with Crippen LogP contribution in [-0.2, 0) is 6.42 Å². The zero-order valence-electron chi connectivity index (χ0n) is 8.63. The number of hydrogen-bond acceptors (Lipinski definition) is 3. The molecule has 1 N–H and O–H groups in total. The van der Waals surface area contributed by atoms with Gasteiger partial charge in [0.2, 0.25) is 0 Å². The summed E-state index contributed by atoms with van der Waals surface area (Å²) >= 11 is 1.64. The molecular formula is C13H11NOS. The summed E-state index contributed by atoms with van der Waals surface area (Å²) in [5, 5.41) is 20.6.